The van der Waals surface area contributed by atoms with Crippen LogP contribution in [0.5, 0.6) is 0 Å². The smallest absolute Gasteiger partial charge is 0.0479 e. The molecule has 1 fully saturated rings. The fourth-order valence-corrected chi connectivity index (χ4v) is 3.70. The largest absolute Gasteiger partial charge is 0.286 e. The summed E-state index contributed by atoms with van der Waals surface area (Å²) in [6.07, 6.45) is 10.3. The van der Waals surface area contributed by atoms with Gasteiger partial charge in [-0.1, -0.05) is 40.5 Å². The Kier molecular flexibility index (Phi) is 5.06. The predicted molar refractivity (Wildman–Crippen MR) is 83.0 cm³/mol. The lowest BCUT2D eigenvalue weighted by Crippen LogP contribution is -2.30. The van der Waals surface area contributed by atoms with E-state index in [0.717, 1.165) is 11.8 Å². The van der Waals surface area contributed by atoms with E-state index in [-0.39, 0.29) is 0 Å². The lowest BCUT2D eigenvalue weighted by Gasteiger charge is -2.32. The molecule has 1 aliphatic heterocycles. The van der Waals surface area contributed by atoms with Gasteiger partial charge < -0.3 is 0 Å². The van der Waals surface area contributed by atoms with E-state index in [1.54, 1.807) is 5.57 Å². The van der Waals surface area contributed by atoms with Crippen LogP contribution in [0.4, 0.5) is 0 Å². The summed E-state index contributed by atoms with van der Waals surface area (Å²) in [4.78, 5) is 0. The van der Waals surface area contributed by atoms with Gasteiger partial charge in [-0.05, 0) is 49.0 Å². The predicted octanol–water partition coefficient (Wildman–Crippen LogP) is 4.73. The van der Waals surface area contributed by atoms with Crippen LogP contribution >= 0.6 is 0 Å². The van der Waals surface area contributed by atoms with E-state index < -0.39 is 0 Å². The lowest BCUT2D eigenvalue weighted by molar-refractivity contribution is 0.331. The summed E-state index contributed by atoms with van der Waals surface area (Å²) in [5.74, 6) is 2.96. The number of hydrazone groups is 1. The van der Waals surface area contributed by atoms with Crippen molar-refractivity contribution in [2.24, 2.45) is 28.8 Å². The quantitative estimate of drug-likeness (QED) is 0.781. The van der Waals surface area contributed by atoms with Crippen molar-refractivity contribution in [3.8, 4) is 0 Å². The second-order valence-corrected chi connectivity index (χ2v) is 7.06. The average molecular weight is 262 g/mol. The van der Waals surface area contributed by atoms with E-state index in [4.69, 9.17) is 0 Å². The maximum absolute atomic E-state index is 4.54. The molecular weight excluding hydrogens is 232 g/mol. The van der Waals surface area contributed by atoms with E-state index in [0.29, 0.717) is 11.8 Å². The molecule has 0 saturated heterocycles. The third kappa shape index (κ3) is 3.84. The first kappa shape index (κ1) is 14.6. The van der Waals surface area contributed by atoms with E-state index in [1.807, 2.05) is 0 Å². The first-order valence-electron chi connectivity index (χ1n) is 8.09. The van der Waals surface area contributed by atoms with Crippen LogP contribution in [0.3, 0.4) is 0 Å². The number of hydrogen-bond acceptors (Lipinski definition) is 2. The minimum atomic E-state index is 0.562. The van der Waals surface area contributed by atoms with E-state index in [9.17, 15) is 0 Å². The minimum Gasteiger partial charge on any atom is -0.286 e. The van der Waals surface area contributed by atoms with Crippen molar-refractivity contribution >= 4 is 5.71 Å². The Morgan fingerprint density at radius 2 is 2.00 bits per heavy atom. The second kappa shape index (κ2) is 6.58. The number of hydrogen-bond donors (Lipinski definition) is 1. The fourth-order valence-electron chi connectivity index (χ4n) is 3.70. The van der Waals surface area contributed by atoms with Gasteiger partial charge in [-0.2, -0.15) is 5.10 Å². The summed E-state index contributed by atoms with van der Waals surface area (Å²) >= 11 is 0. The standard InChI is InChI=1S/C17H30N2/c1-12(2)10-14-6-5-7-16-15(9-8-14)11-18-19-17(16)13(3)4/h11-14,16,18H,5-10H2,1-4H3. The summed E-state index contributed by atoms with van der Waals surface area (Å²) in [6, 6.07) is 0. The zero-order valence-corrected chi connectivity index (χ0v) is 13.1. The molecule has 19 heavy (non-hydrogen) atoms. The van der Waals surface area contributed by atoms with Gasteiger partial charge in [-0.3, -0.25) is 5.43 Å². The van der Waals surface area contributed by atoms with Gasteiger partial charge in [0.25, 0.3) is 0 Å². The van der Waals surface area contributed by atoms with Crippen molar-refractivity contribution in [2.45, 2.75) is 66.2 Å². The molecule has 2 rings (SSSR count). The normalized spacial score (nSPS) is 28.1. The van der Waals surface area contributed by atoms with Crippen molar-refractivity contribution in [2.75, 3.05) is 0 Å². The highest BCUT2D eigenvalue weighted by Crippen LogP contribution is 2.35. The summed E-state index contributed by atoms with van der Waals surface area (Å²) in [5, 5.41) is 4.54. The Morgan fingerprint density at radius 1 is 1.21 bits per heavy atom. The maximum atomic E-state index is 4.54. The number of allylic oxidation sites excluding steroid dienone is 1. The molecule has 0 aromatic rings. The number of rotatable bonds is 3. The summed E-state index contributed by atoms with van der Waals surface area (Å²) in [5.41, 5.74) is 6.12. The zero-order valence-electron chi connectivity index (χ0n) is 13.1. The van der Waals surface area contributed by atoms with Crippen molar-refractivity contribution in [1.82, 2.24) is 5.43 Å². The molecule has 2 atom stereocenters. The molecule has 0 aromatic carbocycles. The maximum Gasteiger partial charge on any atom is 0.0479 e. The monoisotopic (exact) mass is 262 g/mol. The Balaban J connectivity index is 2.01. The molecule has 2 unspecified atom stereocenters. The summed E-state index contributed by atoms with van der Waals surface area (Å²) < 4.78 is 0. The van der Waals surface area contributed by atoms with E-state index in [2.05, 4.69) is 44.4 Å². The zero-order chi connectivity index (χ0) is 13.8. The van der Waals surface area contributed by atoms with Gasteiger partial charge in [0, 0.05) is 17.8 Å². The third-order valence-corrected chi connectivity index (χ3v) is 4.59. The van der Waals surface area contributed by atoms with Crippen LogP contribution in [-0.2, 0) is 0 Å². The van der Waals surface area contributed by atoms with Crippen LogP contribution in [0, 0.1) is 23.7 Å². The molecule has 2 heteroatoms. The molecule has 0 aromatic heterocycles. The van der Waals surface area contributed by atoms with Gasteiger partial charge in [-0.15, -0.1) is 0 Å². The van der Waals surface area contributed by atoms with Gasteiger partial charge in [0.05, 0.1) is 0 Å². The van der Waals surface area contributed by atoms with E-state index in [1.165, 1.54) is 44.2 Å². The topological polar surface area (TPSA) is 24.4 Å². The third-order valence-electron chi connectivity index (χ3n) is 4.59. The average Bonchev–Trinajstić information content (AvgIpc) is 2.32. The van der Waals surface area contributed by atoms with Crippen molar-refractivity contribution in [1.29, 1.82) is 0 Å². The first-order valence-corrected chi connectivity index (χ1v) is 8.09. The molecule has 108 valence electrons. The van der Waals surface area contributed by atoms with Gasteiger partial charge in [0.1, 0.15) is 0 Å². The first-order chi connectivity index (χ1) is 9.08. The molecule has 0 amide bonds. The molecule has 0 radical (unpaired) electrons. The molecule has 1 aliphatic carbocycles. The Morgan fingerprint density at radius 3 is 2.68 bits per heavy atom. The lowest BCUT2D eigenvalue weighted by atomic mass is 9.76. The van der Waals surface area contributed by atoms with Gasteiger partial charge in [0.15, 0.2) is 0 Å². The minimum absolute atomic E-state index is 0.562. The number of nitrogens with zero attached hydrogens (tertiary/aromatic N) is 1. The van der Waals surface area contributed by atoms with Gasteiger partial charge in [-0.25, -0.2) is 0 Å². The van der Waals surface area contributed by atoms with Crippen LogP contribution in [-0.4, -0.2) is 5.71 Å². The Hall–Kier alpha value is -0.790. The highest BCUT2D eigenvalue weighted by atomic mass is 15.3. The summed E-state index contributed by atoms with van der Waals surface area (Å²) in [6.45, 7) is 9.24. The molecule has 0 spiro atoms. The van der Waals surface area contributed by atoms with Crippen LogP contribution < -0.4 is 5.43 Å². The van der Waals surface area contributed by atoms with Gasteiger partial charge in [0.2, 0.25) is 0 Å². The van der Waals surface area contributed by atoms with Gasteiger partial charge >= 0.3 is 0 Å². The van der Waals surface area contributed by atoms with Crippen LogP contribution in [0.2, 0.25) is 0 Å². The van der Waals surface area contributed by atoms with Crippen LogP contribution in [0.25, 0.3) is 0 Å². The molecule has 1 heterocycles. The van der Waals surface area contributed by atoms with E-state index >= 15 is 0 Å². The van der Waals surface area contributed by atoms with Crippen molar-refractivity contribution in [3.05, 3.63) is 11.8 Å². The highest BCUT2D eigenvalue weighted by Gasteiger charge is 2.28. The molecule has 2 aliphatic rings. The fraction of sp³-hybridized carbons (Fsp3) is 0.824. The van der Waals surface area contributed by atoms with Crippen LogP contribution in [0.15, 0.2) is 16.9 Å². The second-order valence-electron chi connectivity index (χ2n) is 7.06. The molecule has 2 nitrogen and oxygen atoms in total. The number of nitrogens with one attached hydrogen (secondary N) is 1. The SMILES string of the molecule is CC(C)CC1CCCC2C(=CNN=C2C(C)C)CC1. The number of fused-ring (bicyclic) bond motifs is 1. The van der Waals surface area contributed by atoms with Crippen molar-refractivity contribution in [3.63, 3.8) is 0 Å². The molecule has 0 bridgehead atoms. The Bertz CT molecular complexity index is 352. The molecule has 1 saturated carbocycles. The Labute approximate surface area is 118 Å². The van der Waals surface area contributed by atoms with Crippen LogP contribution in [0.1, 0.15) is 66.2 Å². The molecule has 1 N–H and O–H groups in total. The summed E-state index contributed by atoms with van der Waals surface area (Å²) in [7, 11) is 0. The molecular formula is C17H30N2. The highest BCUT2D eigenvalue weighted by molar-refractivity contribution is 5.91. The van der Waals surface area contributed by atoms with Crippen molar-refractivity contribution < 1.29 is 0 Å².